The highest BCUT2D eigenvalue weighted by Gasteiger charge is 2.29. The van der Waals surface area contributed by atoms with Crippen LogP contribution in [-0.2, 0) is 11.3 Å². The van der Waals surface area contributed by atoms with Crippen LogP contribution in [0.25, 0.3) is 0 Å². The van der Waals surface area contributed by atoms with Crippen molar-refractivity contribution in [2.75, 3.05) is 45.9 Å². The molecular formula is C19H26N4O. The summed E-state index contributed by atoms with van der Waals surface area (Å²) in [5.41, 5.74) is 1.20. The Labute approximate surface area is 144 Å². The number of nitrogens with zero attached hydrogens (tertiary/aromatic N) is 3. The van der Waals surface area contributed by atoms with Gasteiger partial charge in [0.25, 0.3) is 0 Å². The molecule has 1 atom stereocenters. The molecule has 0 bridgehead atoms. The fourth-order valence-electron chi connectivity index (χ4n) is 3.06. The van der Waals surface area contributed by atoms with Crippen molar-refractivity contribution in [3.63, 3.8) is 0 Å². The third-order valence-electron chi connectivity index (χ3n) is 4.28. The van der Waals surface area contributed by atoms with E-state index in [1.807, 2.05) is 25.1 Å². The summed E-state index contributed by atoms with van der Waals surface area (Å²) in [5, 5.41) is 3.39. The maximum absolute atomic E-state index is 5.89. The third kappa shape index (κ3) is 4.50. The normalized spacial score (nSPS) is 20.5. The van der Waals surface area contributed by atoms with Crippen LogP contribution >= 0.6 is 0 Å². The number of hydrogen-bond acceptors (Lipinski definition) is 5. The van der Waals surface area contributed by atoms with Crippen LogP contribution in [0.5, 0.6) is 0 Å². The van der Waals surface area contributed by atoms with E-state index < -0.39 is 0 Å². The van der Waals surface area contributed by atoms with E-state index in [9.17, 15) is 0 Å². The number of benzene rings is 1. The van der Waals surface area contributed by atoms with E-state index in [4.69, 9.17) is 9.73 Å². The second kappa shape index (κ2) is 8.72. The van der Waals surface area contributed by atoms with E-state index in [-0.39, 0.29) is 6.04 Å². The molecule has 5 heteroatoms. The SMILES string of the molecule is CC#CCN1CC(COCc2ccccc2)N=C1N1CCNCC1. The Morgan fingerprint density at radius 1 is 1.25 bits per heavy atom. The zero-order valence-corrected chi connectivity index (χ0v) is 14.4. The Balaban J connectivity index is 1.56. The molecule has 3 rings (SSSR count). The standard InChI is InChI=1S/C19H26N4O/c1-2-3-11-23-14-18(16-24-15-17-7-5-4-6-8-17)21-19(23)22-12-9-20-10-13-22/h4-8,18,20H,9-16H2,1H3. The van der Waals surface area contributed by atoms with Crippen LogP contribution < -0.4 is 5.32 Å². The lowest BCUT2D eigenvalue weighted by molar-refractivity contribution is 0.107. The van der Waals surface area contributed by atoms with Crippen molar-refractivity contribution in [1.82, 2.24) is 15.1 Å². The molecule has 0 amide bonds. The molecule has 2 aliphatic heterocycles. The summed E-state index contributed by atoms with van der Waals surface area (Å²) < 4.78 is 5.89. The largest absolute Gasteiger partial charge is 0.374 e. The Kier molecular flexibility index (Phi) is 6.11. The zero-order valence-electron chi connectivity index (χ0n) is 14.4. The van der Waals surface area contributed by atoms with Crippen LogP contribution in [-0.4, -0.2) is 67.7 Å². The molecule has 1 aromatic carbocycles. The lowest BCUT2D eigenvalue weighted by Crippen LogP contribution is -2.51. The summed E-state index contributed by atoms with van der Waals surface area (Å²) in [6.07, 6.45) is 0. The maximum atomic E-state index is 5.89. The van der Waals surface area contributed by atoms with E-state index in [2.05, 4.69) is 39.1 Å². The monoisotopic (exact) mass is 326 g/mol. The smallest absolute Gasteiger partial charge is 0.197 e. The van der Waals surface area contributed by atoms with Gasteiger partial charge in [0.1, 0.15) is 0 Å². The number of hydrogen-bond donors (Lipinski definition) is 1. The summed E-state index contributed by atoms with van der Waals surface area (Å²) in [6, 6.07) is 10.5. The van der Waals surface area contributed by atoms with Gasteiger partial charge < -0.3 is 19.9 Å². The molecule has 24 heavy (non-hydrogen) atoms. The summed E-state index contributed by atoms with van der Waals surface area (Å²) in [4.78, 5) is 9.58. The highest BCUT2D eigenvalue weighted by atomic mass is 16.5. The van der Waals surface area contributed by atoms with Crippen LogP contribution in [0.3, 0.4) is 0 Å². The van der Waals surface area contributed by atoms with Crippen molar-refractivity contribution in [3.05, 3.63) is 35.9 Å². The molecule has 1 saturated heterocycles. The summed E-state index contributed by atoms with van der Waals surface area (Å²) in [7, 11) is 0. The van der Waals surface area contributed by atoms with Crippen LogP contribution in [0, 0.1) is 11.8 Å². The minimum absolute atomic E-state index is 0.192. The predicted molar refractivity (Wildman–Crippen MR) is 96.8 cm³/mol. The van der Waals surface area contributed by atoms with E-state index in [1.54, 1.807) is 0 Å². The fraction of sp³-hybridized carbons (Fsp3) is 0.526. The lowest BCUT2D eigenvalue weighted by atomic mass is 10.2. The maximum Gasteiger partial charge on any atom is 0.197 e. The summed E-state index contributed by atoms with van der Waals surface area (Å²) in [6.45, 7) is 8.86. The number of rotatable bonds is 5. The zero-order chi connectivity index (χ0) is 16.6. The van der Waals surface area contributed by atoms with Crippen LogP contribution in [0.1, 0.15) is 12.5 Å². The molecule has 0 radical (unpaired) electrons. The fourth-order valence-corrected chi connectivity index (χ4v) is 3.06. The summed E-state index contributed by atoms with van der Waals surface area (Å²) >= 11 is 0. The van der Waals surface area contributed by atoms with E-state index >= 15 is 0 Å². The topological polar surface area (TPSA) is 40.1 Å². The van der Waals surface area contributed by atoms with Crippen molar-refractivity contribution in [2.45, 2.75) is 19.6 Å². The van der Waals surface area contributed by atoms with Crippen molar-refractivity contribution < 1.29 is 4.74 Å². The molecule has 0 aliphatic carbocycles. The average molecular weight is 326 g/mol. The molecule has 1 unspecified atom stereocenters. The molecule has 1 N–H and O–H groups in total. The van der Waals surface area contributed by atoms with Crippen molar-refractivity contribution >= 4 is 5.96 Å². The minimum atomic E-state index is 0.192. The Hall–Kier alpha value is -2.03. The molecule has 5 nitrogen and oxygen atoms in total. The molecule has 128 valence electrons. The van der Waals surface area contributed by atoms with Gasteiger partial charge in [0.05, 0.1) is 25.8 Å². The van der Waals surface area contributed by atoms with E-state index in [0.29, 0.717) is 13.2 Å². The number of nitrogens with one attached hydrogen (secondary N) is 1. The highest BCUT2D eigenvalue weighted by molar-refractivity contribution is 5.82. The second-order valence-corrected chi connectivity index (χ2v) is 6.13. The first-order valence-electron chi connectivity index (χ1n) is 8.66. The van der Waals surface area contributed by atoms with Crippen molar-refractivity contribution in [2.24, 2.45) is 4.99 Å². The van der Waals surface area contributed by atoms with Gasteiger partial charge >= 0.3 is 0 Å². The van der Waals surface area contributed by atoms with Gasteiger partial charge in [-0.3, -0.25) is 0 Å². The van der Waals surface area contributed by atoms with Crippen molar-refractivity contribution in [1.29, 1.82) is 0 Å². The van der Waals surface area contributed by atoms with Gasteiger partial charge in [0.15, 0.2) is 5.96 Å². The molecular weight excluding hydrogens is 300 g/mol. The van der Waals surface area contributed by atoms with Crippen LogP contribution in [0.2, 0.25) is 0 Å². The highest BCUT2D eigenvalue weighted by Crippen LogP contribution is 2.14. The predicted octanol–water partition coefficient (Wildman–Crippen LogP) is 1.17. The van der Waals surface area contributed by atoms with Crippen LogP contribution in [0.4, 0.5) is 0 Å². The Bertz CT molecular complexity index is 599. The lowest BCUT2D eigenvalue weighted by Gasteiger charge is -2.33. The van der Waals surface area contributed by atoms with Gasteiger partial charge in [-0.05, 0) is 12.5 Å². The van der Waals surface area contributed by atoms with Gasteiger partial charge in [-0.15, -0.1) is 5.92 Å². The first-order valence-corrected chi connectivity index (χ1v) is 8.66. The third-order valence-corrected chi connectivity index (χ3v) is 4.28. The molecule has 0 saturated carbocycles. The first kappa shape index (κ1) is 16.8. The van der Waals surface area contributed by atoms with Gasteiger partial charge in [-0.1, -0.05) is 36.3 Å². The molecule has 0 spiro atoms. The first-order chi connectivity index (χ1) is 11.9. The minimum Gasteiger partial charge on any atom is -0.374 e. The Morgan fingerprint density at radius 2 is 2.04 bits per heavy atom. The van der Waals surface area contributed by atoms with Gasteiger partial charge in [-0.2, -0.15) is 0 Å². The second-order valence-electron chi connectivity index (χ2n) is 6.13. The van der Waals surface area contributed by atoms with Crippen LogP contribution in [0.15, 0.2) is 35.3 Å². The van der Waals surface area contributed by atoms with Gasteiger partial charge in [0.2, 0.25) is 0 Å². The molecule has 1 fully saturated rings. The summed E-state index contributed by atoms with van der Waals surface area (Å²) in [5.74, 6) is 7.25. The van der Waals surface area contributed by atoms with E-state index in [0.717, 1.165) is 45.2 Å². The van der Waals surface area contributed by atoms with Gasteiger partial charge in [-0.25, -0.2) is 4.99 Å². The quantitative estimate of drug-likeness (QED) is 0.825. The number of guanidine groups is 1. The number of piperazine rings is 1. The number of ether oxygens (including phenoxy) is 1. The number of aliphatic imine (C=N–C) groups is 1. The molecule has 2 heterocycles. The molecule has 0 aromatic heterocycles. The van der Waals surface area contributed by atoms with E-state index in [1.165, 1.54) is 5.56 Å². The molecule has 1 aromatic rings. The molecule has 2 aliphatic rings. The van der Waals surface area contributed by atoms with Crippen molar-refractivity contribution in [3.8, 4) is 11.8 Å². The average Bonchev–Trinajstić information content (AvgIpc) is 3.05. The van der Waals surface area contributed by atoms with Gasteiger partial charge in [0, 0.05) is 32.7 Å². The Morgan fingerprint density at radius 3 is 2.79 bits per heavy atom.